The number of piperidine rings is 1. The molecule has 1 saturated heterocycles. The predicted octanol–water partition coefficient (Wildman–Crippen LogP) is 1.97. The molecule has 0 aliphatic carbocycles. The van der Waals surface area contributed by atoms with Gasteiger partial charge in [-0.3, -0.25) is 4.79 Å². The lowest BCUT2D eigenvalue weighted by Gasteiger charge is -2.31. The predicted molar refractivity (Wildman–Crippen MR) is 80.7 cm³/mol. The minimum Gasteiger partial charge on any atom is -0.369 e. The Morgan fingerprint density at radius 1 is 1.42 bits per heavy atom. The lowest BCUT2D eigenvalue weighted by Crippen LogP contribution is -2.52. The molecule has 0 aromatic rings. The number of hydrogen-bond acceptors (Lipinski definition) is 3. The van der Waals surface area contributed by atoms with Crippen molar-refractivity contribution in [1.82, 2.24) is 10.6 Å². The van der Waals surface area contributed by atoms with Crippen LogP contribution in [0.1, 0.15) is 40.5 Å². The Labute approximate surface area is 123 Å². The Morgan fingerprint density at radius 2 is 2.11 bits per heavy atom. The molecule has 3 unspecified atom stereocenters. The largest absolute Gasteiger partial charge is 0.369 e. The fourth-order valence-corrected chi connectivity index (χ4v) is 2.04. The van der Waals surface area contributed by atoms with Crippen molar-refractivity contribution in [1.29, 1.82) is 0 Å². The molecule has 1 heterocycles. The molecule has 4 nitrogen and oxygen atoms in total. The topological polar surface area (TPSA) is 50.4 Å². The van der Waals surface area contributed by atoms with Gasteiger partial charge in [-0.15, -0.1) is 12.4 Å². The third kappa shape index (κ3) is 7.14. The number of amides is 1. The second-order valence-corrected chi connectivity index (χ2v) is 5.78. The van der Waals surface area contributed by atoms with E-state index in [4.69, 9.17) is 4.74 Å². The summed E-state index contributed by atoms with van der Waals surface area (Å²) in [6.07, 6.45) is 1.77. The summed E-state index contributed by atoms with van der Waals surface area (Å²) in [6, 6.07) is 0.238. The van der Waals surface area contributed by atoms with Gasteiger partial charge in [-0.25, -0.2) is 0 Å². The molecule has 2 N–H and O–H groups in total. The van der Waals surface area contributed by atoms with Crippen LogP contribution in [0.4, 0.5) is 0 Å². The molecule has 0 radical (unpaired) electrons. The summed E-state index contributed by atoms with van der Waals surface area (Å²) >= 11 is 0. The number of halogens is 1. The van der Waals surface area contributed by atoms with Gasteiger partial charge in [0.1, 0.15) is 6.10 Å². The molecule has 1 fully saturated rings. The van der Waals surface area contributed by atoms with Crippen molar-refractivity contribution in [3.05, 3.63) is 0 Å². The first-order valence-electron chi connectivity index (χ1n) is 7.13. The van der Waals surface area contributed by atoms with Gasteiger partial charge in [-0.1, -0.05) is 20.8 Å². The Morgan fingerprint density at radius 3 is 2.68 bits per heavy atom. The molecule has 19 heavy (non-hydrogen) atoms. The van der Waals surface area contributed by atoms with E-state index in [2.05, 4.69) is 31.4 Å². The SMILES string of the molecule is CC(C)CCOC(C)C(=O)NC1CNCCC1C.Cl. The van der Waals surface area contributed by atoms with E-state index in [9.17, 15) is 4.79 Å². The normalized spacial score (nSPS) is 24.7. The first-order chi connectivity index (χ1) is 8.50. The van der Waals surface area contributed by atoms with Crippen molar-refractivity contribution >= 4 is 18.3 Å². The van der Waals surface area contributed by atoms with Crippen molar-refractivity contribution in [2.24, 2.45) is 11.8 Å². The number of hydrogen-bond donors (Lipinski definition) is 2. The average Bonchev–Trinajstić information content (AvgIpc) is 2.31. The molecule has 0 bridgehead atoms. The zero-order valence-electron chi connectivity index (χ0n) is 12.6. The summed E-state index contributed by atoms with van der Waals surface area (Å²) in [5, 5.41) is 6.39. The Balaban J connectivity index is 0.00000324. The molecule has 0 spiro atoms. The van der Waals surface area contributed by atoms with Crippen LogP contribution in [0.5, 0.6) is 0 Å². The van der Waals surface area contributed by atoms with Gasteiger partial charge >= 0.3 is 0 Å². The van der Waals surface area contributed by atoms with Crippen LogP contribution in [-0.4, -0.2) is 37.7 Å². The van der Waals surface area contributed by atoms with Gasteiger partial charge in [-0.05, 0) is 38.1 Å². The summed E-state index contributed by atoms with van der Waals surface area (Å²) in [5.41, 5.74) is 0. The fourth-order valence-electron chi connectivity index (χ4n) is 2.04. The second-order valence-electron chi connectivity index (χ2n) is 5.78. The number of rotatable bonds is 6. The maximum Gasteiger partial charge on any atom is 0.249 e. The zero-order valence-corrected chi connectivity index (χ0v) is 13.4. The van der Waals surface area contributed by atoms with Crippen LogP contribution in [-0.2, 0) is 9.53 Å². The van der Waals surface area contributed by atoms with E-state index in [-0.39, 0.29) is 30.5 Å². The molecule has 3 atom stereocenters. The van der Waals surface area contributed by atoms with Gasteiger partial charge in [0.05, 0.1) is 0 Å². The van der Waals surface area contributed by atoms with Gasteiger partial charge in [0.2, 0.25) is 5.91 Å². The van der Waals surface area contributed by atoms with Crippen molar-refractivity contribution in [3.63, 3.8) is 0 Å². The molecule has 0 saturated carbocycles. The molecule has 1 aliphatic rings. The van der Waals surface area contributed by atoms with Crippen LogP contribution >= 0.6 is 12.4 Å². The lowest BCUT2D eigenvalue weighted by atomic mass is 9.95. The minimum atomic E-state index is -0.349. The van der Waals surface area contributed by atoms with Gasteiger partial charge in [-0.2, -0.15) is 0 Å². The average molecular weight is 293 g/mol. The first-order valence-corrected chi connectivity index (χ1v) is 7.13. The lowest BCUT2D eigenvalue weighted by molar-refractivity contribution is -0.133. The Kier molecular flexibility index (Phi) is 9.40. The van der Waals surface area contributed by atoms with E-state index >= 15 is 0 Å². The van der Waals surface area contributed by atoms with Gasteiger partial charge in [0.15, 0.2) is 0 Å². The number of ether oxygens (including phenoxy) is 1. The smallest absolute Gasteiger partial charge is 0.249 e. The highest BCUT2D eigenvalue weighted by molar-refractivity contribution is 5.85. The molecular weight excluding hydrogens is 264 g/mol. The van der Waals surface area contributed by atoms with E-state index in [1.165, 1.54) is 0 Å². The van der Waals surface area contributed by atoms with E-state index in [1.54, 1.807) is 0 Å². The first kappa shape index (κ1) is 18.7. The van der Waals surface area contributed by atoms with E-state index in [0.29, 0.717) is 18.4 Å². The number of carbonyl (C=O) groups is 1. The molecular formula is C14H29ClN2O2. The maximum atomic E-state index is 12.0. The highest BCUT2D eigenvalue weighted by Crippen LogP contribution is 2.11. The highest BCUT2D eigenvalue weighted by atomic mass is 35.5. The van der Waals surface area contributed by atoms with Crippen LogP contribution in [0.2, 0.25) is 0 Å². The molecule has 1 amide bonds. The summed E-state index contributed by atoms with van der Waals surface area (Å²) in [7, 11) is 0. The standard InChI is InChI=1S/C14H28N2O2.ClH/c1-10(2)6-8-18-12(4)14(17)16-13-9-15-7-5-11(13)3;/h10-13,15H,5-9H2,1-4H3,(H,16,17);1H. The van der Waals surface area contributed by atoms with Gasteiger partial charge < -0.3 is 15.4 Å². The molecule has 5 heteroatoms. The van der Waals surface area contributed by atoms with Crippen LogP contribution in [0.25, 0.3) is 0 Å². The summed E-state index contributed by atoms with van der Waals surface area (Å²) in [4.78, 5) is 12.0. The minimum absolute atomic E-state index is 0. The third-order valence-electron chi connectivity index (χ3n) is 3.59. The second kappa shape index (κ2) is 9.56. The molecule has 0 aromatic carbocycles. The monoisotopic (exact) mass is 292 g/mol. The van der Waals surface area contributed by atoms with E-state index in [0.717, 1.165) is 25.9 Å². The van der Waals surface area contributed by atoms with Crippen molar-refractivity contribution in [2.45, 2.75) is 52.7 Å². The van der Waals surface area contributed by atoms with E-state index in [1.807, 2.05) is 6.92 Å². The summed E-state index contributed by atoms with van der Waals surface area (Å²) in [5.74, 6) is 1.17. The molecule has 1 rings (SSSR count). The van der Waals surface area contributed by atoms with Crippen molar-refractivity contribution in [3.8, 4) is 0 Å². The van der Waals surface area contributed by atoms with Crippen molar-refractivity contribution < 1.29 is 9.53 Å². The van der Waals surface area contributed by atoms with Crippen LogP contribution in [0.15, 0.2) is 0 Å². The number of nitrogens with one attached hydrogen (secondary N) is 2. The maximum absolute atomic E-state index is 12.0. The van der Waals surface area contributed by atoms with Crippen molar-refractivity contribution in [2.75, 3.05) is 19.7 Å². The highest BCUT2D eigenvalue weighted by Gasteiger charge is 2.24. The van der Waals surface area contributed by atoms with E-state index < -0.39 is 0 Å². The summed E-state index contributed by atoms with van der Waals surface area (Å²) < 4.78 is 5.56. The number of carbonyl (C=O) groups excluding carboxylic acids is 1. The van der Waals surface area contributed by atoms with Crippen LogP contribution in [0.3, 0.4) is 0 Å². The van der Waals surface area contributed by atoms with Gasteiger partial charge in [0, 0.05) is 19.2 Å². The Bertz CT molecular complexity index is 262. The molecule has 0 aromatic heterocycles. The zero-order chi connectivity index (χ0) is 13.5. The quantitative estimate of drug-likeness (QED) is 0.787. The van der Waals surface area contributed by atoms with Gasteiger partial charge in [0.25, 0.3) is 0 Å². The van der Waals surface area contributed by atoms with Crippen LogP contribution < -0.4 is 10.6 Å². The van der Waals surface area contributed by atoms with Crippen LogP contribution in [0, 0.1) is 11.8 Å². The summed E-state index contributed by atoms with van der Waals surface area (Å²) in [6.45, 7) is 10.9. The fraction of sp³-hybridized carbons (Fsp3) is 0.929. The molecule has 1 aliphatic heterocycles. The third-order valence-corrected chi connectivity index (χ3v) is 3.59. The Hall–Kier alpha value is -0.320. The molecule has 114 valence electrons.